The van der Waals surface area contributed by atoms with Gasteiger partial charge < -0.3 is 4.74 Å². The van der Waals surface area contributed by atoms with Gasteiger partial charge in [0.05, 0.1) is 7.11 Å². The molecule has 0 N–H and O–H groups in total. The summed E-state index contributed by atoms with van der Waals surface area (Å²) in [5.74, 6) is 0.894. The number of rotatable bonds is 4. The Kier molecular flexibility index (Phi) is 4.65. The van der Waals surface area contributed by atoms with Gasteiger partial charge in [-0.05, 0) is 72.1 Å². The van der Waals surface area contributed by atoms with Crippen LogP contribution in [0.1, 0.15) is 16.0 Å². The van der Waals surface area contributed by atoms with E-state index in [4.69, 9.17) is 4.74 Å². The van der Waals surface area contributed by atoms with Crippen LogP contribution >= 0.6 is 27.3 Å². The molecule has 3 heteroatoms. The Labute approximate surface area is 143 Å². The van der Waals surface area contributed by atoms with Crippen molar-refractivity contribution in [1.29, 1.82) is 0 Å². The van der Waals surface area contributed by atoms with Gasteiger partial charge in [0.1, 0.15) is 5.75 Å². The van der Waals surface area contributed by atoms with Crippen LogP contribution in [0.5, 0.6) is 5.75 Å². The Balaban J connectivity index is 1.82. The first-order chi connectivity index (χ1) is 10.7. The van der Waals surface area contributed by atoms with Crippen LogP contribution in [0.3, 0.4) is 0 Å². The zero-order valence-electron chi connectivity index (χ0n) is 12.6. The van der Waals surface area contributed by atoms with E-state index in [-0.39, 0.29) is 0 Å². The fraction of sp³-hybridized carbons (Fsp3) is 0.158. The van der Waals surface area contributed by atoms with Crippen LogP contribution in [0.4, 0.5) is 0 Å². The van der Waals surface area contributed by atoms with E-state index in [0.29, 0.717) is 0 Å². The van der Waals surface area contributed by atoms with Gasteiger partial charge in [-0.25, -0.2) is 0 Å². The van der Waals surface area contributed by atoms with Crippen molar-refractivity contribution in [2.75, 3.05) is 7.11 Å². The largest absolute Gasteiger partial charge is 0.497 e. The van der Waals surface area contributed by atoms with E-state index >= 15 is 0 Å². The molecular formula is C19H17BrOS. The van der Waals surface area contributed by atoms with Crippen LogP contribution in [-0.4, -0.2) is 7.11 Å². The van der Waals surface area contributed by atoms with Crippen molar-refractivity contribution in [2.24, 2.45) is 0 Å². The monoisotopic (exact) mass is 372 g/mol. The van der Waals surface area contributed by atoms with Crippen molar-refractivity contribution in [3.8, 4) is 16.2 Å². The lowest BCUT2D eigenvalue weighted by Crippen LogP contribution is -1.89. The molecule has 0 amide bonds. The molecule has 112 valence electrons. The molecule has 2 aromatic carbocycles. The number of thiophene rings is 1. The Morgan fingerprint density at radius 1 is 1.00 bits per heavy atom. The van der Waals surface area contributed by atoms with Gasteiger partial charge in [0.25, 0.3) is 0 Å². The average molecular weight is 373 g/mol. The quantitative estimate of drug-likeness (QED) is 0.538. The van der Waals surface area contributed by atoms with E-state index in [1.54, 1.807) is 7.11 Å². The normalized spacial score (nSPS) is 10.7. The van der Waals surface area contributed by atoms with Crippen molar-refractivity contribution >= 4 is 27.3 Å². The first-order valence-corrected chi connectivity index (χ1v) is 8.75. The number of halogens is 1. The summed E-state index contributed by atoms with van der Waals surface area (Å²) >= 11 is 5.41. The maximum atomic E-state index is 5.21. The molecule has 0 bridgehead atoms. The molecule has 0 atom stereocenters. The van der Waals surface area contributed by atoms with E-state index in [1.165, 1.54) is 26.4 Å². The van der Waals surface area contributed by atoms with Gasteiger partial charge in [0.2, 0.25) is 0 Å². The number of benzene rings is 2. The highest BCUT2D eigenvalue weighted by Gasteiger charge is 2.06. The highest BCUT2D eigenvalue weighted by atomic mass is 79.9. The van der Waals surface area contributed by atoms with Gasteiger partial charge in [-0.15, -0.1) is 11.3 Å². The van der Waals surface area contributed by atoms with Gasteiger partial charge in [-0.1, -0.05) is 22.0 Å². The summed E-state index contributed by atoms with van der Waals surface area (Å²) in [7, 11) is 1.69. The van der Waals surface area contributed by atoms with E-state index in [9.17, 15) is 0 Å². The summed E-state index contributed by atoms with van der Waals surface area (Å²) in [5, 5.41) is 0. The summed E-state index contributed by atoms with van der Waals surface area (Å²) in [6.07, 6.45) is 0.978. The SMILES string of the molecule is COc1ccc(-c2ccc(Cc3cc(Br)ccc3C)s2)cc1. The molecular weight excluding hydrogens is 356 g/mol. The second-order valence-electron chi connectivity index (χ2n) is 5.24. The third-order valence-electron chi connectivity index (χ3n) is 3.71. The molecule has 0 aliphatic carbocycles. The predicted octanol–water partition coefficient (Wildman–Crippen LogP) is 6.09. The molecule has 0 spiro atoms. The molecule has 3 aromatic rings. The standard InChI is InChI=1S/C19H17BrOS/c1-13-3-6-16(20)11-15(13)12-18-9-10-19(22-18)14-4-7-17(21-2)8-5-14/h3-11H,12H2,1-2H3. The first kappa shape index (κ1) is 15.3. The van der Waals surface area contributed by atoms with Crippen LogP contribution in [0.2, 0.25) is 0 Å². The Hall–Kier alpha value is -1.58. The molecule has 1 nitrogen and oxygen atoms in total. The van der Waals surface area contributed by atoms with Crippen LogP contribution in [0.15, 0.2) is 59.1 Å². The third kappa shape index (κ3) is 3.42. The lowest BCUT2D eigenvalue weighted by molar-refractivity contribution is 0.415. The molecule has 0 saturated heterocycles. The molecule has 22 heavy (non-hydrogen) atoms. The molecule has 0 fully saturated rings. The van der Waals surface area contributed by atoms with Crippen molar-refractivity contribution in [3.63, 3.8) is 0 Å². The van der Waals surface area contributed by atoms with E-state index in [2.05, 4.69) is 65.3 Å². The minimum absolute atomic E-state index is 0.894. The maximum Gasteiger partial charge on any atom is 0.118 e. The molecule has 0 aliphatic rings. The zero-order chi connectivity index (χ0) is 15.5. The van der Waals surface area contributed by atoms with Crippen molar-refractivity contribution in [3.05, 3.63) is 75.1 Å². The maximum absolute atomic E-state index is 5.21. The van der Waals surface area contributed by atoms with E-state index in [0.717, 1.165) is 16.6 Å². The fourth-order valence-electron chi connectivity index (χ4n) is 2.40. The average Bonchev–Trinajstić information content (AvgIpc) is 2.99. The second kappa shape index (κ2) is 6.67. The lowest BCUT2D eigenvalue weighted by atomic mass is 10.1. The molecule has 3 rings (SSSR count). The topological polar surface area (TPSA) is 9.23 Å². The molecule has 0 radical (unpaired) electrons. The van der Waals surface area contributed by atoms with Gasteiger partial charge >= 0.3 is 0 Å². The predicted molar refractivity (Wildman–Crippen MR) is 98.0 cm³/mol. The molecule has 0 unspecified atom stereocenters. The number of aryl methyl sites for hydroxylation is 1. The fourth-order valence-corrected chi connectivity index (χ4v) is 3.85. The van der Waals surface area contributed by atoms with Crippen LogP contribution in [-0.2, 0) is 6.42 Å². The first-order valence-electron chi connectivity index (χ1n) is 7.14. The third-order valence-corrected chi connectivity index (χ3v) is 5.34. The second-order valence-corrected chi connectivity index (χ2v) is 7.33. The minimum Gasteiger partial charge on any atom is -0.497 e. The summed E-state index contributed by atoms with van der Waals surface area (Å²) in [6.45, 7) is 2.17. The highest BCUT2D eigenvalue weighted by molar-refractivity contribution is 9.10. The van der Waals surface area contributed by atoms with Gasteiger partial charge in [-0.3, -0.25) is 0 Å². The molecule has 0 aliphatic heterocycles. The van der Waals surface area contributed by atoms with Crippen molar-refractivity contribution in [2.45, 2.75) is 13.3 Å². The van der Waals surface area contributed by atoms with Crippen LogP contribution < -0.4 is 4.74 Å². The van der Waals surface area contributed by atoms with E-state index in [1.807, 2.05) is 23.5 Å². The van der Waals surface area contributed by atoms with Crippen LogP contribution in [0.25, 0.3) is 10.4 Å². The molecule has 1 heterocycles. The summed E-state index contributed by atoms with van der Waals surface area (Å²) in [4.78, 5) is 2.68. The smallest absolute Gasteiger partial charge is 0.118 e. The summed E-state index contributed by atoms with van der Waals surface area (Å²) in [6, 6.07) is 19.1. The van der Waals surface area contributed by atoms with Gasteiger partial charge in [-0.2, -0.15) is 0 Å². The summed E-state index contributed by atoms with van der Waals surface area (Å²) < 4.78 is 6.35. The Morgan fingerprint density at radius 2 is 1.77 bits per heavy atom. The minimum atomic E-state index is 0.894. The molecule has 0 saturated carbocycles. The van der Waals surface area contributed by atoms with E-state index < -0.39 is 0 Å². The highest BCUT2D eigenvalue weighted by Crippen LogP contribution is 2.31. The van der Waals surface area contributed by atoms with Crippen molar-refractivity contribution in [1.82, 2.24) is 0 Å². The molecule has 1 aromatic heterocycles. The summed E-state index contributed by atoms with van der Waals surface area (Å²) in [5.41, 5.74) is 3.95. The zero-order valence-corrected chi connectivity index (χ0v) is 15.0. The Bertz CT molecular complexity index is 774. The van der Waals surface area contributed by atoms with Gasteiger partial charge in [0, 0.05) is 20.6 Å². The van der Waals surface area contributed by atoms with Crippen LogP contribution in [0, 0.1) is 6.92 Å². The van der Waals surface area contributed by atoms with Gasteiger partial charge in [0.15, 0.2) is 0 Å². The number of ether oxygens (including phenoxy) is 1. The number of hydrogen-bond donors (Lipinski definition) is 0. The number of hydrogen-bond acceptors (Lipinski definition) is 2. The lowest BCUT2D eigenvalue weighted by Gasteiger charge is -2.05. The van der Waals surface area contributed by atoms with Crippen molar-refractivity contribution < 1.29 is 4.74 Å². The number of methoxy groups -OCH3 is 1. The Morgan fingerprint density at radius 3 is 2.50 bits per heavy atom.